The van der Waals surface area contributed by atoms with Gasteiger partial charge in [-0.15, -0.1) is 0 Å². The Morgan fingerprint density at radius 1 is 1.45 bits per heavy atom. The van der Waals surface area contributed by atoms with Crippen LogP contribution in [0.3, 0.4) is 0 Å². The Morgan fingerprint density at radius 3 is 2.36 bits per heavy atom. The number of nitrogens with one attached hydrogen (secondary N) is 1. The molecule has 66 valence electrons. The van der Waals surface area contributed by atoms with Gasteiger partial charge in [-0.25, -0.2) is 0 Å². The van der Waals surface area contributed by atoms with Gasteiger partial charge in [0.25, 0.3) is 0 Å². The SMILES string of the molecule is CCC(C)C(NC)C1CCC1. The van der Waals surface area contributed by atoms with Gasteiger partial charge in [0, 0.05) is 6.04 Å². The topological polar surface area (TPSA) is 12.0 Å². The molecule has 1 N–H and O–H groups in total. The molecule has 2 atom stereocenters. The lowest BCUT2D eigenvalue weighted by molar-refractivity contribution is 0.186. The minimum absolute atomic E-state index is 0.786. The molecular formula is C10H21N. The van der Waals surface area contributed by atoms with Crippen LogP contribution in [-0.2, 0) is 0 Å². The molecule has 2 unspecified atom stereocenters. The van der Waals surface area contributed by atoms with Crippen molar-refractivity contribution in [3.05, 3.63) is 0 Å². The van der Waals surface area contributed by atoms with Crippen LogP contribution >= 0.6 is 0 Å². The average Bonchev–Trinajstić information content (AvgIpc) is 1.94. The first-order valence-corrected chi connectivity index (χ1v) is 4.96. The number of rotatable bonds is 4. The van der Waals surface area contributed by atoms with Crippen molar-refractivity contribution in [2.45, 2.75) is 45.6 Å². The zero-order valence-electron chi connectivity index (χ0n) is 8.06. The van der Waals surface area contributed by atoms with E-state index in [1.165, 1.54) is 25.7 Å². The zero-order valence-corrected chi connectivity index (χ0v) is 8.06. The highest BCUT2D eigenvalue weighted by molar-refractivity contribution is 4.84. The van der Waals surface area contributed by atoms with Crippen LogP contribution in [0.4, 0.5) is 0 Å². The highest BCUT2D eigenvalue weighted by atomic mass is 14.9. The molecule has 1 saturated carbocycles. The molecule has 1 fully saturated rings. The molecule has 0 aromatic carbocycles. The van der Waals surface area contributed by atoms with Gasteiger partial charge in [0.2, 0.25) is 0 Å². The largest absolute Gasteiger partial charge is 0.316 e. The quantitative estimate of drug-likeness (QED) is 0.657. The van der Waals surface area contributed by atoms with Crippen molar-refractivity contribution < 1.29 is 0 Å². The second kappa shape index (κ2) is 4.10. The van der Waals surface area contributed by atoms with Crippen LogP contribution in [0.2, 0.25) is 0 Å². The van der Waals surface area contributed by atoms with E-state index in [2.05, 4.69) is 26.2 Å². The summed E-state index contributed by atoms with van der Waals surface area (Å²) in [6.07, 6.45) is 5.67. The van der Waals surface area contributed by atoms with Crippen molar-refractivity contribution in [2.24, 2.45) is 11.8 Å². The molecule has 0 bridgehead atoms. The van der Waals surface area contributed by atoms with Crippen LogP contribution in [-0.4, -0.2) is 13.1 Å². The van der Waals surface area contributed by atoms with Gasteiger partial charge in [0.1, 0.15) is 0 Å². The predicted octanol–water partition coefficient (Wildman–Crippen LogP) is 2.42. The van der Waals surface area contributed by atoms with Crippen molar-refractivity contribution in [2.75, 3.05) is 7.05 Å². The summed E-state index contributed by atoms with van der Waals surface area (Å²) in [6.45, 7) is 4.65. The summed E-state index contributed by atoms with van der Waals surface area (Å²) in [4.78, 5) is 0. The van der Waals surface area contributed by atoms with Crippen molar-refractivity contribution in [1.82, 2.24) is 5.32 Å². The minimum atomic E-state index is 0.786. The van der Waals surface area contributed by atoms with Crippen LogP contribution in [0.25, 0.3) is 0 Å². The van der Waals surface area contributed by atoms with E-state index in [9.17, 15) is 0 Å². The van der Waals surface area contributed by atoms with Crippen LogP contribution < -0.4 is 5.32 Å². The van der Waals surface area contributed by atoms with E-state index in [-0.39, 0.29) is 0 Å². The molecule has 0 aliphatic heterocycles. The molecule has 1 aliphatic carbocycles. The molecule has 0 aromatic rings. The summed E-state index contributed by atoms with van der Waals surface area (Å²) in [7, 11) is 2.11. The van der Waals surface area contributed by atoms with Gasteiger partial charge in [-0.1, -0.05) is 26.7 Å². The zero-order chi connectivity index (χ0) is 8.27. The van der Waals surface area contributed by atoms with Crippen molar-refractivity contribution in [3.63, 3.8) is 0 Å². The Bertz CT molecular complexity index is 103. The Morgan fingerprint density at radius 2 is 2.09 bits per heavy atom. The standard InChI is InChI=1S/C10H21N/c1-4-8(2)10(11-3)9-6-5-7-9/h8-11H,4-7H2,1-3H3. The maximum Gasteiger partial charge on any atom is 0.0118 e. The summed E-state index contributed by atoms with van der Waals surface area (Å²) < 4.78 is 0. The lowest BCUT2D eigenvalue weighted by Crippen LogP contribution is -2.41. The smallest absolute Gasteiger partial charge is 0.0118 e. The molecule has 0 radical (unpaired) electrons. The summed E-state index contributed by atoms with van der Waals surface area (Å²) in [5.74, 6) is 1.83. The van der Waals surface area contributed by atoms with Gasteiger partial charge in [-0.05, 0) is 31.7 Å². The second-order valence-electron chi connectivity index (χ2n) is 3.89. The summed E-state index contributed by atoms with van der Waals surface area (Å²) in [5, 5.41) is 3.45. The first-order valence-electron chi connectivity index (χ1n) is 4.96. The summed E-state index contributed by atoms with van der Waals surface area (Å²) in [6, 6.07) is 0.786. The highest BCUT2D eigenvalue weighted by Gasteiger charge is 2.28. The van der Waals surface area contributed by atoms with Gasteiger partial charge in [-0.3, -0.25) is 0 Å². The van der Waals surface area contributed by atoms with Crippen LogP contribution in [0.5, 0.6) is 0 Å². The third-order valence-corrected chi connectivity index (χ3v) is 3.25. The maximum absolute atomic E-state index is 3.45. The van der Waals surface area contributed by atoms with Gasteiger partial charge in [0.05, 0.1) is 0 Å². The molecule has 0 heterocycles. The molecule has 1 aliphatic rings. The lowest BCUT2D eigenvalue weighted by atomic mass is 9.75. The third-order valence-electron chi connectivity index (χ3n) is 3.25. The second-order valence-corrected chi connectivity index (χ2v) is 3.89. The normalized spacial score (nSPS) is 24.3. The third kappa shape index (κ3) is 1.96. The average molecular weight is 155 g/mol. The monoisotopic (exact) mass is 155 g/mol. The van der Waals surface area contributed by atoms with Gasteiger partial charge in [-0.2, -0.15) is 0 Å². The van der Waals surface area contributed by atoms with E-state index in [0.717, 1.165) is 17.9 Å². The fourth-order valence-electron chi connectivity index (χ4n) is 2.04. The molecule has 0 spiro atoms. The van der Waals surface area contributed by atoms with E-state index < -0.39 is 0 Å². The van der Waals surface area contributed by atoms with E-state index in [1.54, 1.807) is 0 Å². The number of hydrogen-bond acceptors (Lipinski definition) is 1. The molecule has 0 amide bonds. The van der Waals surface area contributed by atoms with Gasteiger partial charge < -0.3 is 5.32 Å². The molecule has 1 heteroatoms. The minimum Gasteiger partial charge on any atom is -0.316 e. The van der Waals surface area contributed by atoms with Crippen molar-refractivity contribution >= 4 is 0 Å². The Hall–Kier alpha value is -0.0400. The Labute approximate surface area is 70.6 Å². The Kier molecular flexibility index (Phi) is 3.38. The van der Waals surface area contributed by atoms with E-state index >= 15 is 0 Å². The molecule has 0 saturated heterocycles. The maximum atomic E-state index is 3.45. The first-order chi connectivity index (χ1) is 5.29. The number of hydrogen-bond donors (Lipinski definition) is 1. The fraction of sp³-hybridized carbons (Fsp3) is 1.00. The summed E-state index contributed by atoms with van der Waals surface area (Å²) >= 11 is 0. The molecule has 0 aromatic heterocycles. The van der Waals surface area contributed by atoms with E-state index in [4.69, 9.17) is 0 Å². The molecule has 1 rings (SSSR count). The predicted molar refractivity (Wildman–Crippen MR) is 49.6 cm³/mol. The van der Waals surface area contributed by atoms with E-state index in [0.29, 0.717) is 0 Å². The van der Waals surface area contributed by atoms with Crippen molar-refractivity contribution in [3.8, 4) is 0 Å². The van der Waals surface area contributed by atoms with Gasteiger partial charge in [0.15, 0.2) is 0 Å². The lowest BCUT2D eigenvalue weighted by Gasteiger charge is -2.37. The van der Waals surface area contributed by atoms with Crippen LogP contribution in [0.1, 0.15) is 39.5 Å². The van der Waals surface area contributed by atoms with E-state index in [1.807, 2.05) is 0 Å². The summed E-state index contributed by atoms with van der Waals surface area (Å²) in [5.41, 5.74) is 0. The molecule has 11 heavy (non-hydrogen) atoms. The van der Waals surface area contributed by atoms with Crippen LogP contribution in [0.15, 0.2) is 0 Å². The highest BCUT2D eigenvalue weighted by Crippen LogP contribution is 2.33. The molecule has 1 nitrogen and oxygen atoms in total. The molecular weight excluding hydrogens is 134 g/mol. The first kappa shape index (κ1) is 9.05. The Balaban J connectivity index is 2.34. The fourth-order valence-corrected chi connectivity index (χ4v) is 2.04. The van der Waals surface area contributed by atoms with Gasteiger partial charge >= 0.3 is 0 Å². The van der Waals surface area contributed by atoms with Crippen LogP contribution in [0, 0.1) is 11.8 Å². The van der Waals surface area contributed by atoms with Crippen molar-refractivity contribution in [1.29, 1.82) is 0 Å².